The van der Waals surface area contributed by atoms with Crippen LogP contribution in [0.5, 0.6) is 0 Å². The number of carbonyl (C=O) groups excluding carboxylic acids is 1. The summed E-state index contributed by atoms with van der Waals surface area (Å²) in [6, 6.07) is -0.305. The molecule has 0 bridgehead atoms. The van der Waals surface area contributed by atoms with Crippen LogP contribution in [0.3, 0.4) is 0 Å². The number of carbonyl (C=O) groups is 1. The molecule has 2 saturated carbocycles. The third-order valence-electron chi connectivity index (χ3n) is 4.05. The fourth-order valence-corrected chi connectivity index (χ4v) is 2.24. The SMILES string of the molecule is COCCC1(CNC(=O)C(N)CC2CC2)CC1. The summed E-state index contributed by atoms with van der Waals surface area (Å²) in [7, 11) is 1.72. The van der Waals surface area contributed by atoms with Gasteiger partial charge in [-0.2, -0.15) is 0 Å². The molecule has 1 amide bonds. The topological polar surface area (TPSA) is 64.3 Å². The van der Waals surface area contributed by atoms with Crippen LogP contribution in [-0.4, -0.2) is 32.2 Å². The van der Waals surface area contributed by atoms with Gasteiger partial charge in [-0.15, -0.1) is 0 Å². The number of rotatable bonds is 8. The largest absolute Gasteiger partial charge is 0.385 e. The first-order valence-corrected chi connectivity index (χ1v) is 6.67. The molecule has 2 aliphatic carbocycles. The second-order valence-corrected chi connectivity index (χ2v) is 5.75. The number of amides is 1. The van der Waals surface area contributed by atoms with Crippen molar-refractivity contribution < 1.29 is 9.53 Å². The minimum atomic E-state index is -0.305. The number of methoxy groups -OCH3 is 1. The van der Waals surface area contributed by atoms with E-state index in [0.717, 1.165) is 26.0 Å². The molecule has 0 aromatic carbocycles. The van der Waals surface area contributed by atoms with Crippen LogP contribution in [0.1, 0.15) is 38.5 Å². The van der Waals surface area contributed by atoms with Crippen molar-refractivity contribution in [3.05, 3.63) is 0 Å². The van der Waals surface area contributed by atoms with E-state index in [-0.39, 0.29) is 11.9 Å². The first kappa shape index (κ1) is 12.8. The van der Waals surface area contributed by atoms with Crippen LogP contribution in [0, 0.1) is 11.3 Å². The first-order chi connectivity index (χ1) is 8.15. The van der Waals surface area contributed by atoms with Crippen molar-refractivity contribution in [2.24, 2.45) is 17.1 Å². The van der Waals surface area contributed by atoms with Gasteiger partial charge in [0, 0.05) is 20.3 Å². The molecule has 0 aromatic rings. The molecule has 1 unspecified atom stereocenters. The Bertz CT molecular complexity index is 273. The van der Waals surface area contributed by atoms with Crippen molar-refractivity contribution in [1.29, 1.82) is 0 Å². The average molecular weight is 240 g/mol. The Kier molecular flexibility index (Phi) is 4.05. The van der Waals surface area contributed by atoms with Gasteiger partial charge in [0.2, 0.25) is 5.91 Å². The van der Waals surface area contributed by atoms with Crippen molar-refractivity contribution in [3.63, 3.8) is 0 Å². The standard InChI is InChI=1S/C13H24N2O2/c1-17-7-6-13(4-5-13)9-15-12(16)11(14)8-10-2-3-10/h10-11H,2-9,14H2,1H3,(H,15,16). The fraction of sp³-hybridized carbons (Fsp3) is 0.923. The second-order valence-electron chi connectivity index (χ2n) is 5.75. The monoisotopic (exact) mass is 240 g/mol. The normalized spacial score (nSPS) is 23.2. The molecule has 0 aromatic heterocycles. The summed E-state index contributed by atoms with van der Waals surface area (Å²) in [5, 5.41) is 3.01. The van der Waals surface area contributed by atoms with E-state index in [2.05, 4.69) is 5.32 Å². The highest BCUT2D eigenvalue weighted by Crippen LogP contribution is 2.48. The molecule has 3 N–H and O–H groups in total. The van der Waals surface area contributed by atoms with Crippen LogP contribution in [0.4, 0.5) is 0 Å². The Labute approximate surface area is 103 Å². The molecule has 17 heavy (non-hydrogen) atoms. The van der Waals surface area contributed by atoms with E-state index >= 15 is 0 Å². The van der Waals surface area contributed by atoms with E-state index in [0.29, 0.717) is 11.3 Å². The van der Waals surface area contributed by atoms with Gasteiger partial charge in [0.05, 0.1) is 6.04 Å². The number of nitrogens with two attached hydrogens (primary N) is 1. The summed E-state index contributed by atoms with van der Waals surface area (Å²) in [6.07, 6.45) is 6.80. The minimum Gasteiger partial charge on any atom is -0.385 e. The van der Waals surface area contributed by atoms with Crippen molar-refractivity contribution in [1.82, 2.24) is 5.32 Å². The average Bonchev–Trinajstić information content (AvgIpc) is 3.20. The molecular weight excluding hydrogens is 216 g/mol. The van der Waals surface area contributed by atoms with Crippen LogP contribution in [-0.2, 0) is 9.53 Å². The maximum Gasteiger partial charge on any atom is 0.236 e. The van der Waals surface area contributed by atoms with Gasteiger partial charge in [-0.05, 0) is 37.0 Å². The van der Waals surface area contributed by atoms with Crippen molar-refractivity contribution >= 4 is 5.91 Å². The Hall–Kier alpha value is -0.610. The fourth-order valence-electron chi connectivity index (χ4n) is 2.24. The molecule has 2 rings (SSSR count). The van der Waals surface area contributed by atoms with Crippen molar-refractivity contribution in [2.75, 3.05) is 20.3 Å². The quantitative estimate of drug-likeness (QED) is 0.666. The predicted molar refractivity (Wildman–Crippen MR) is 66.5 cm³/mol. The minimum absolute atomic E-state index is 0.0283. The molecule has 0 radical (unpaired) electrons. The lowest BCUT2D eigenvalue weighted by molar-refractivity contribution is -0.122. The molecule has 2 aliphatic rings. The van der Waals surface area contributed by atoms with Gasteiger partial charge in [-0.3, -0.25) is 4.79 Å². The zero-order chi connectivity index (χ0) is 12.3. The highest BCUT2D eigenvalue weighted by molar-refractivity contribution is 5.81. The third-order valence-corrected chi connectivity index (χ3v) is 4.05. The Balaban J connectivity index is 1.64. The van der Waals surface area contributed by atoms with Crippen LogP contribution >= 0.6 is 0 Å². The van der Waals surface area contributed by atoms with E-state index < -0.39 is 0 Å². The van der Waals surface area contributed by atoms with Gasteiger partial charge >= 0.3 is 0 Å². The molecule has 98 valence electrons. The van der Waals surface area contributed by atoms with Gasteiger partial charge in [-0.25, -0.2) is 0 Å². The Morgan fingerprint density at radius 3 is 2.76 bits per heavy atom. The second kappa shape index (κ2) is 5.36. The molecule has 2 fully saturated rings. The molecular formula is C13H24N2O2. The molecule has 0 heterocycles. The lowest BCUT2D eigenvalue weighted by Crippen LogP contribution is -2.43. The molecule has 0 aliphatic heterocycles. The highest BCUT2D eigenvalue weighted by atomic mass is 16.5. The number of hydrogen-bond donors (Lipinski definition) is 2. The number of hydrogen-bond acceptors (Lipinski definition) is 3. The summed E-state index contributed by atoms with van der Waals surface area (Å²) in [6.45, 7) is 1.55. The van der Waals surface area contributed by atoms with Gasteiger partial charge in [0.25, 0.3) is 0 Å². The van der Waals surface area contributed by atoms with E-state index in [4.69, 9.17) is 10.5 Å². The summed E-state index contributed by atoms with van der Waals surface area (Å²) in [4.78, 5) is 11.8. The van der Waals surface area contributed by atoms with Crippen LogP contribution in [0.15, 0.2) is 0 Å². The summed E-state index contributed by atoms with van der Waals surface area (Å²) >= 11 is 0. The van der Waals surface area contributed by atoms with Gasteiger partial charge in [-0.1, -0.05) is 12.8 Å². The van der Waals surface area contributed by atoms with Gasteiger partial charge in [0.15, 0.2) is 0 Å². The van der Waals surface area contributed by atoms with Crippen molar-refractivity contribution in [2.45, 2.75) is 44.6 Å². The van der Waals surface area contributed by atoms with E-state index in [1.165, 1.54) is 25.7 Å². The maximum absolute atomic E-state index is 11.8. The van der Waals surface area contributed by atoms with E-state index in [1.807, 2.05) is 0 Å². The van der Waals surface area contributed by atoms with Crippen molar-refractivity contribution in [3.8, 4) is 0 Å². The summed E-state index contributed by atoms with van der Waals surface area (Å²) in [5.41, 5.74) is 6.18. The molecule has 0 saturated heterocycles. The Morgan fingerprint density at radius 1 is 1.53 bits per heavy atom. The highest BCUT2D eigenvalue weighted by Gasteiger charge is 2.42. The van der Waals surface area contributed by atoms with Crippen LogP contribution in [0.25, 0.3) is 0 Å². The lowest BCUT2D eigenvalue weighted by Gasteiger charge is -2.17. The zero-order valence-electron chi connectivity index (χ0n) is 10.7. The first-order valence-electron chi connectivity index (χ1n) is 6.67. The molecule has 4 nitrogen and oxygen atoms in total. The Morgan fingerprint density at radius 2 is 2.24 bits per heavy atom. The number of nitrogens with one attached hydrogen (secondary N) is 1. The molecule has 4 heteroatoms. The maximum atomic E-state index is 11.8. The summed E-state index contributed by atoms with van der Waals surface area (Å²) < 4.78 is 5.10. The predicted octanol–water partition coefficient (Wildman–Crippen LogP) is 1.05. The van der Waals surface area contributed by atoms with Crippen LogP contribution < -0.4 is 11.1 Å². The van der Waals surface area contributed by atoms with E-state index in [1.54, 1.807) is 7.11 Å². The van der Waals surface area contributed by atoms with Crippen LogP contribution in [0.2, 0.25) is 0 Å². The number of ether oxygens (including phenoxy) is 1. The summed E-state index contributed by atoms with van der Waals surface area (Å²) in [5.74, 6) is 0.736. The third kappa shape index (κ3) is 3.96. The molecule has 1 atom stereocenters. The van der Waals surface area contributed by atoms with Gasteiger partial charge < -0.3 is 15.8 Å². The smallest absolute Gasteiger partial charge is 0.236 e. The van der Waals surface area contributed by atoms with Gasteiger partial charge in [0.1, 0.15) is 0 Å². The zero-order valence-corrected chi connectivity index (χ0v) is 10.7. The van der Waals surface area contributed by atoms with E-state index in [9.17, 15) is 4.79 Å². The molecule has 0 spiro atoms. The lowest BCUT2D eigenvalue weighted by atomic mass is 10.0.